The highest BCUT2D eigenvalue weighted by atomic mass is 127. The van der Waals surface area contributed by atoms with Crippen LogP contribution in [-0.2, 0) is 0 Å². The van der Waals surface area contributed by atoms with E-state index in [1.165, 1.54) is 12.8 Å². The fourth-order valence-corrected chi connectivity index (χ4v) is 1.68. The first-order valence-corrected chi connectivity index (χ1v) is 5.97. The summed E-state index contributed by atoms with van der Waals surface area (Å²) < 4.78 is 0. The summed E-state index contributed by atoms with van der Waals surface area (Å²) in [5.41, 5.74) is 5.77. The van der Waals surface area contributed by atoms with E-state index in [4.69, 9.17) is 5.73 Å². The van der Waals surface area contributed by atoms with Crippen LogP contribution >= 0.6 is 24.0 Å². The molecular weight excluding hydrogens is 315 g/mol. The van der Waals surface area contributed by atoms with E-state index in [1.54, 1.807) is 0 Å². The standard InChI is InChI=1S/C11H24N4.HI/c1-4-15(5-2)9(3)8-13-11(12)14-10-6-7-10;/h9-10H,4-8H2,1-3H3,(H3,12,13,14);1H. The molecule has 0 aromatic carbocycles. The first kappa shape index (κ1) is 16.0. The molecule has 0 aromatic heterocycles. The number of rotatable bonds is 6. The third-order valence-electron chi connectivity index (χ3n) is 2.89. The molecule has 0 aliphatic heterocycles. The van der Waals surface area contributed by atoms with Gasteiger partial charge in [0.15, 0.2) is 5.96 Å². The molecule has 0 radical (unpaired) electrons. The first-order chi connectivity index (χ1) is 7.17. The van der Waals surface area contributed by atoms with Crippen molar-refractivity contribution in [2.45, 2.75) is 45.7 Å². The highest BCUT2D eigenvalue weighted by Gasteiger charge is 2.21. The van der Waals surface area contributed by atoms with E-state index in [2.05, 4.69) is 36.0 Å². The van der Waals surface area contributed by atoms with Crippen molar-refractivity contribution in [3.05, 3.63) is 0 Å². The lowest BCUT2D eigenvalue weighted by Gasteiger charge is -2.24. The van der Waals surface area contributed by atoms with Crippen molar-refractivity contribution in [2.75, 3.05) is 19.6 Å². The van der Waals surface area contributed by atoms with Gasteiger partial charge in [0.05, 0.1) is 6.54 Å². The van der Waals surface area contributed by atoms with Gasteiger partial charge in [0, 0.05) is 12.1 Å². The molecule has 4 nitrogen and oxygen atoms in total. The van der Waals surface area contributed by atoms with E-state index in [1.807, 2.05) is 0 Å². The van der Waals surface area contributed by atoms with Crippen molar-refractivity contribution < 1.29 is 0 Å². The highest BCUT2D eigenvalue weighted by Crippen LogP contribution is 2.17. The second kappa shape index (κ2) is 8.11. The maximum atomic E-state index is 5.77. The third-order valence-corrected chi connectivity index (χ3v) is 2.89. The molecule has 1 saturated carbocycles. The van der Waals surface area contributed by atoms with Crippen LogP contribution in [0.2, 0.25) is 0 Å². The summed E-state index contributed by atoms with van der Waals surface area (Å²) >= 11 is 0. The van der Waals surface area contributed by atoms with Crippen molar-refractivity contribution in [3.63, 3.8) is 0 Å². The smallest absolute Gasteiger partial charge is 0.188 e. The molecule has 0 amide bonds. The van der Waals surface area contributed by atoms with Gasteiger partial charge in [-0.05, 0) is 32.9 Å². The Balaban J connectivity index is 0.00000225. The van der Waals surface area contributed by atoms with Crippen LogP contribution in [0.5, 0.6) is 0 Å². The van der Waals surface area contributed by atoms with Crippen LogP contribution in [0.1, 0.15) is 33.6 Å². The zero-order valence-corrected chi connectivity index (χ0v) is 12.9. The summed E-state index contributed by atoms with van der Waals surface area (Å²) in [6.07, 6.45) is 2.48. The van der Waals surface area contributed by atoms with Crippen LogP contribution in [0.15, 0.2) is 4.99 Å². The topological polar surface area (TPSA) is 53.6 Å². The van der Waals surface area contributed by atoms with Gasteiger partial charge in [0.1, 0.15) is 0 Å². The molecule has 0 heterocycles. The molecule has 1 aliphatic rings. The van der Waals surface area contributed by atoms with Gasteiger partial charge < -0.3 is 11.1 Å². The van der Waals surface area contributed by atoms with Gasteiger partial charge in [-0.2, -0.15) is 0 Å². The lowest BCUT2D eigenvalue weighted by atomic mass is 10.3. The fourth-order valence-electron chi connectivity index (χ4n) is 1.68. The van der Waals surface area contributed by atoms with Gasteiger partial charge >= 0.3 is 0 Å². The van der Waals surface area contributed by atoms with Crippen molar-refractivity contribution in [1.29, 1.82) is 0 Å². The monoisotopic (exact) mass is 340 g/mol. The van der Waals surface area contributed by atoms with Gasteiger partial charge in [-0.25, -0.2) is 0 Å². The Morgan fingerprint density at radius 2 is 2.00 bits per heavy atom. The maximum Gasteiger partial charge on any atom is 0.188 e. The van der Waals surface area contributed by atoms with E-state index in [9.17, 15) is 0 Å². The normalized spacial score (nSPS) is 18.1. The molecule has 96 valence electrons. The second-order valence-electron chi connectivity index (χ2n) is 4.21. The summed E-state index contributed by atoms with van der Waals surface area (Å²) in [5, 5.41) is 3.19. The van der Waals surface area contributed by atoms with Gasteiger partial charge in [-0.15, -0.1) is 24.0 Å². The number of nitrogens with two attached hydrogens (primary N) is 1. The minimum absolute atomic E-state index is 0. The summed E-state index contributed by atoms with van der Waals surface area (Å²) in [6, 6.07) is 1.07. The second-order valence-corrected chi connectivity index (χ2v) is 4.21. The van der Waals surface area contributed by atoms with E-state index in [0.29, 0.717) is 18.0 Å². The summed E-state index contributed by atoms with van der Waals surface area (Å²) in [7, 11) is 0. The number of likely N-dealkylation sites (N-methyl/N-ethyl adjacent to an activating group) is 1. The number of hydrogen-bond donors (Lipinski definition) is 2. The lowest BCUT2D eigenvalue weighted by Crippen LogP contribution is -2.38. The summed E-state index contributed by atoms with van der Waals surface area (Å²) in [5.74, 6) is 0.608. The zero-order chi connectivity index (χ0) is 11.3. The molecule has 1 fully saturated rings. The van der Waals surface area contributed by atoms with E-state index >= 15 is 0 Å². The van der Waals surface area contributed by atoms with E-state index < -0.39 is 0 Å². The minimum Gasteiger partial charge on any atom is -0.370 e. The molecule has 5 heteroatoms. The molecule has 16 heavy (non-hydrogen) atoms. The Morgan fingerprint density at radius 1 is 1.44 bits per heavy atom. The predicted octanol–water partition coefficient (Wildman–Crippen LogP) is 1.40. The zero-order valence-electron chi connectivity index (χ0n) is 10.6. The molecule has 1 rings (SSSR count). The molecule has 0 aromatic rings. The van der Waals surface area contributed by atoms with E-state index in [0.717, 1.165) is 19.6 Å². The van der Waals surface area contributed by atoms with Crippen molar-refractivity contribution in [2.24, 2.45) is 10.7 Å². The number of nitrogens with one attached hydrogen (secondary N) is 1. The number of hydrogen-bond acceptors (Lipinski definition) is 2. The van der Waals surface area contributed by atoms with Crippen LogP contribution in [-0.4, -0.2) is 42.6 Å². The first-order valence-electron chi connectivity index (χ1n) is 5.97. The Kier molecular flexibility index (Phi) is 8.09. The van der Waals surface area contributed by atoms with Gasteiger partial charge in [0.2, 0.25) is 0 Å². The number of aliphatic imine (C=N–C) groups is 1. The summed E-state index contributed by atoms with van der Waals surface area (Å²) in [6.45, 7) is 9.48. The van der Waals surface area contributed by atoms with Crippen LogP contribution in [0.3, 0.4) is 0 Å². The lowest BCUT2D eigenvalue weighted by molar-refractivity contribution is 0.237. The third kappa shape index (κ3) is 5.89. The quantitative estimate of drug-likeness (QED) is 0.437. The molecule has 1 aliphatic carbocycles. The Labute approximate surface area is 116 Å². The predicted molar refractivity (Wildman–Crippen MR) is 80.4 cm³/mol. The molecule has 0 spiro atoms. The number of guanidine groups is 1. The van der Waals surface area contributed by atoms with Crippen LogP contribution in [0.25, 0.3) is 0 Å². The average molecular weight is 340 g/mol. The van der Waals surface area contributed by atoms with Gasteiger partial charge in [-0.1, -0.05) is 13.8 Å². The van der Waals surface area contributed by atoms with Crippen LogP contribution in [0, 0.1) is 0 Å². The van der Waals surface area contributed by atoms with E-state index in [-0.39, 0.29) is 24.0 Å². The van der Waals surface area contributed by atoms with Crippen molar-refractivity contribution >= 4 is 29.9 Å². The Bertz CT molecular complexity index is 212. The SMILES string of the molecule is CCN(CC)C(C)CN=C(N)NC1CC1.I. The van der Waals surface area contributed by atoms with Crippen LogP contribution < -0.4 is 11.1 Å². The highest BCUT2D eigenvalue weighted by molar-refractivity contribution is 14.0. The summed E-state index contributed by atoms with van der Waals surface area (Å²) in [4.78, 5) is 6.75. The molecular formula is C11H25IN4. The van der Waals surface area contributed by atoms with Gasteiger partial charge in [0.25, 0.3) is 0 Å². The van der Waals surface area contributed by atoms with Gasteiger partial charge in [-0.3, -0.25) is 9.89 Å². The number of nitrogens with zero attached hydrogens (tertiary/aromatic N) is 2. The Morgan fingerprint density at radius 3 is 2.44 bits per heavy atom. The largest absolute Gasteiger partial charge is 0.370 e. The molecule has 0 saturated heterocycles. The molecule has 1 atom stereocenters. The maximum absolute atomic E-state index is 5.77. The minimum atomic E-state index is 0. The fraction of sp³-hybridized carbons (Fsp3) is 0.909. The number of halogens is 1. The Hall–Kier alpha value is -0.0400. The molecule has 0 bridgehead atoms. The average Bonchev–Trinajstić information content (AvgIpc) is 3.00. The van der Waals surface area contributed by atoms with Crippen LogP contribution in [0.4, 0.5) is 0 Å². The molecule has 1 unspecified atom stereocenters. The molecule has 3 N–H and O–H groups in total. The van der Waals surface area contributed by atoms with Crippen molar-refractivity contribution in [1.82, 2.24) is 10.2 Å². The van der Waals surface area contributed by atoms with Crippen molar-refractivity contribution in [3.8, 4) is 0 Å².